The second-order valence-corrected chi connectivity index (χ2v) is 9.30. The molecule has 0 bridgehead atoms. The molecule has 0 aliphatic rings. The molecule has 0 radical (unpaired) electrons. The Kier molecular flexibility index (Phi) is 7.86. The highest BCUT2D eigenvalue weighted by atomic mass is 35.5. The quantitative estimate of drug-likeness (QED) is 0.245. The van der Waals surface area contributed by atoms with E-state index in [1.54, 1.807) is 18.2 Å². The van der Waals surface area contributed by atoms with Gasteiger partial charge in [0.15, 0.2) is 5.78 Å². The van der Waals surface area contributed by atoms with Crippen molar-refractivity contribution in [3.63, 3.8) is 0 Å². The van der Waals surface area contributed by atoms with E-state index in [1.165, 1.54) is 0 Å². The van der Waals surface area contributed by atoms with Crippen molar-refractivity contribution >= 4 is 40.2 Å². The van der Waals surface area contributed by atoms with Crippen LogP contribution in [0.1, 0.15) is 44.0 Å². The number of hydrogen-bond donors (Lipinski definition) is 3. The molecule has 0 fully saturated rings. The second-order valence-electron chi connectivity index (χ2n) is 8.87. The standard InChI is InChI=1S/C29H27ClN2O4/c1-18-24-17-23(30)11-12-25(24)32-27(18)28(35)22(15-19-5-3-2-4-6-19)16-20-7-9-21(10-8-20)29(36)31-14-13-26(33)34/h2-12,17,22,32H,13-16H2,1H3,(H,31,36)(H,33,34). The van der Waals surface area contributed by atoms with Crippen LogP contribution in [-0.2, 0) is 17.6 Å². The number of aliphatic carboxylic acids is 1. The predicted octanol–water partition coefficient (Wildman–Crippen LogP) is 5.62. The monoisotopic (exact) mass is 502 g/mol. The maximum Gasteiger partial charge on any atom is 0.305 e. The number of carbonyl (C=O) groups is 3. The van der Waals surface area contributed by atoms with Crippen LogP contribution in [0.25, 0.3) is 10.9 Å². The molecule has 1 atom stereocenters. The molecule has 6 nitrogen and oxygen atoms in total. The average molecular weight is 503 g/mol. The van der Waals surface area contributed by atoms with E-state index in [0.717, 1.165) is 27.6 Å². The minimum Gasteiger partial charge on any atom is -0.481 e. The molecule has 3 aromatic carbocycles. The van der Waals surface area contributed by atoms with E-state index in [1.807, 2.05) is 61.5 Å². The molecule has 0 saturated heterocycles. The van der Waals surface area contributed by atoms with Gasteiger partial charge in [-0.2, -0.15) is 0 Å². The van der Waals surface area contributed by atoms with E-state index in [0.29, 0.717) is 29.1 Å². The fourth-order valence-electron chi connectivity index (χ4n) is 4.37. The van der Waals surface area contributed by atoms with Crippen molar-refractivity contribution in [1.82, 2.24) is 10.3 Å². The number of carboxylic acids is 1. The number of Topliss-reactive ketones (excluding diaryl/α,β-unsaturated/α-hetero) is 1. The van der Waals surface area contributed by atoms with Gasteiger partial charge in [0.05, 0.1) is 12.1 Å². The number of ketones is 1. The highest BCUT2D eigenvalue weighted by Gasteiger charge is 2.25. The van der Waals surface area contributed by atoms with Crippen molar-refractivity contribution in [2.24, 2.45) is 5.92 Å². The van der Waals surface area contributed by atoms with Crippen molar-refractivity contribution in [2.45, 2.75) is 26.2 Å². The smallest absolute Gasteiger partial charge is 0.305 e. The Labute approximate surface area is 214 Å². The molecule has 1 heterocycles. The van der Waals surface area contributed by atoms with Gasteiger partial charge in [-0.15, -0.1) is 0 Å². The summed E-state index contributed by atoms with van der Waals surface area (Å²) in [5.41, 5.74) is 4.78. The number of benzene rings is 3. The van der Waals surface area contributed by atoms with E-state index in [4.69, 9.17) is 16.7 Å². The number of aryl methyl sites for hydroxylation is 1. The molecule has 1 aromatic heterocycles. The molecule has 36 heavy (non-hydrogen) atoms. The third-order valence-corrected chi connectivity index (χ3v) is 6.52. The third-order valence-electron chi connectivity index (χ3n) is 6.29. The van der Waals surface area contributed by atoms with Gasteiger partial charge in [0.1, 0.15) is 0 Å². The summed E-state index contributed by atoms with van der Waals surface area (Å²) < 4.78 is 0. The zero-order chi connectivity index (χ0) is 25.7. The van der Waals surface area contributed by atoms with Crippen LogP contribution < -0.4 is 5.32 Å². The van der Waals surface area contributed by atoms with Gasteiger partial charge in [-0.1, -0.05) is 54.1 Å². The van der Waals surface area contributed by atoms with E-state index >= 15 is 0 Å². The molecule has 1 unspecified atom stereocenters. The van der Waals surface area contributed by atoms with E-state index in [9.17, 15) is 14.4 Å². The lowest BCUT2D eigenvalue weighted by atomic mass is 9.87. The summed E-state index contributed by atoms with van der Waals surface area (Å²) in [4.78, 5) is 40.0. The molecule has 7 heteroatoms. The fraction of sp³-hybridized carbons (Fsp3) is 0.207. The highest BCUT2D eigenvalue weighted by Crippen LogP contribution is 2.28. The van der Waals surface area contributed by atoms with E-state index in [2.05, 4.69) is 10.3 Å². The fourth-order valence-corrected chi connectivity index (χ4v) is 4.54. The first kappa shape index (κ1) is 25.2. The summed E-state index contributed by atoms with van der Waals surface area (Å²) >= 11 is 6.18. The summed E-state index contributed by atoms with van der Waals surface area (Å²) in [5, 5.41) is 12.9. The van der Waals surface area contributed by atoms with Crippen LogP contribution in [0, 0.1) is 12.8 Å². The number of aromatic nitrogens is 1. The first-order valence-electron chi connectivity index (χ1n) is 11.8. The average Bonchev–Trinajstić information content (AvgIpc) is 3.19. The molecule has 4 aromatic rings. The van der Waals surface area contributed by atoms with Crippen LogP contribution in [0.15, 0.2) is 72.8 Å². The zero-order valence-electron chi connectivity index (χ0n) is 19.9. The number of fused-ring (bicyclic) bond motifs is 1. The van der Waals surface area contributed by atoms with Gasteiger partial charge in [0.2, 0.25) is 0 Å². The topological polar surface area (TPSA) is 99.3 Å². The first-order chi connectivity index (χ1) is 17.3. The lowest BCUT2D eigenvalue weighted by Crippen LogP contribution is -2.26. The van der Waals surface area contributed by atoms with E-state index < -0.39 is 5.97 Å². The molecule has 4 rings (SSSR count). The minimum atomic E-state index is -0.965. The molecular weight excluding hydrogens is 476 g/mol. The number of H-pyrrole nitrogens is 1. The maximum absolute atomic E-state index is 13.8. The molecule has 1 amide bonds. The van der Waals surface area contributed by atoms with Gasteiger partial charge in [0, 0.05) is 34.0 Å². The van der Waals surface area contributed by atoms with Crippen molar-refractivity contribution in [3.8, 4) is 0 Å². The van der Waals surface area contributed by atoms with Crippen LogP contribution in [-0.4, -0.2) is 34.3 Å². The molecule has 184 valence electrons. The summed E-state index contributed by atoms with van der Waals surface area (Å²) in [5.74, 6) is -1.58. The molecule has 0 spiro atoms. The van der Waals surface area contributed by atoms with Crippen LogP contribution in [0.4, 0.5) is 0 Å². The van der Waals surface area contributed by atoms with Crippen LogP contribution >= 0.6 is 11.6 Å². The number of amides is 1. The number of nitrogens with one attached hydrogen (secondary N) is 2. The van der Waals surface area contributed by atoms with Gasteiger partial charge in [0.25, 0.3) is 5.91 Å². The van der Waals surface area contributed by atoms with Crippen molar-refractivity contribution < 1.29 is 19.5 Å². The Balaban J connectivity index is 1.56. The minimum absolute atomic E-state index is 0.0270. The Morgan fingerprint density at radius 3 is 2.28 bits per heavy atom. The lowest BCUT2D eigenvalue weighted by Gasteiger charge is -2.17. The SMILES string of the molecule is Cc1c(C(=O)C(Cc2ccccc2)Cc2ccc(C(=O)NCCC(=O)O)cc2)[nH]c2ccc(Cl)cc12. The van der Waals surface area contributed by atoms with Gasteiger partial charge >= 0.3 is 5.97 Å². The summed E-state index contributed by atoms with van der Waals surface area (Å²) in [6.07, 6.45) is 0.948. The summed E-state index contributed by atoms with van der Waals surface area (Å²) in [6, 6.07) is 22.5. The van der Waals surface area contributed by atoms with Gasteiger partial charge in [-0.25, -0.2) is 0 Å². The summed E-state index contributed by atoms with van der Waals surface area (Å²) in [7, 11) is 0. The van der Waals surface area contributed by atoms with Gasteiger partial charge < -0.3 is 15.4 Å². The normalized spacial score (nSPS) is 11.8. The number of carbonyl (C=O) groups excluding carboxylic acids is 2. The Morgan fingerprint density at radius 2 is 1.61 bits per heavy atom. The van der Waals surface area contributed by atoms with E-state index in [-0.39, 0.29) is 30.6 Å². The van der Waals surface area contributed by atoms with Crippen molar-refractivity contribution in [2.75, 3.05) is 6.54 Å². The Hall–Kier alpha value is -3.90. The zero-order valence-corrected chi connectivity index (χ0v) is 20.6. The summed E-state index contributed by atoms with van der Waals surface area (Å²) in [6.45, 7) is 2.00. The van der Waals surface area contributed by atoms with Crippen molar-refractivity contribution in [1.29, 1.82) is 0 Å². The molecular formula is C29H27ClN2O4. The largest absolute Gasteiger partial charge is 0.481 e. The molecule has 0 saturated carbocycles. The highest BCUT2D eigenvalue weighted by molar-refractivity contribution is 6.31. The molecule has 0 aliphatic carbocycles. The first-order valence-corrected chi connectivity index (χ1v) is 12.1. The lowest BCUT2D eigenvalue weighted by molar-refractivity contribution is -0.136. The number of hydrogen-bond acceptors (Lipinski definition) is 3. The maximum atomic E-state index is 13.8. The number of carboxylic acid groups (broad SMARTS) is 1. The van der Waals surface area contributed by atoms with Crippen molar-refractivity contribution in [3.05, 3.63) is 106 Å². The second kappa shape index (κ2) is 11.2. The van der Waals surface area contributed by atoms with Crippen LogP contribution in [0.5, 0.6) is 0 Å². The Morgan fingerprint density at radius 1 is 0.944 bits per heavy atom. The van der Waals surface area contributed by atoms with Gasteiger partial charge in [-0.05, 0) is 66.8 Å². The molecule has 0 aliphatic heterocycles. The number of rotatable bonds is 10. The third kappa shape index (κ3) is 6.01. The predicted molar refractivity (Wildman–Crippen MR) is 141 cm³/mol. The van der Waals surface area contributed by atoms with Crippen LogP contribution in [0.3, 0.4) is 0 Å². The number of halogens is 1. The van der Waals surface area contributed by atoms with Crippen LogP contribution in [0.2, 0.25) is 5.02 Å². The number of aromatic amines is 1. The molecule has 3 N–H and O–H groups in total. The van der Waals surface area contributed by atoms with Gasteiger partial charge in [-0.3, -0.25) is 14.4 Å². The Bertz CT molecular complexity index is 1390.